The summed E-state index contributed by atoms with van der Waals surface area (Å²) in [6.45, 7) is 0. The first-order valence-electron chi connectivity index (χ1n) is 18.0. The van der Waals surface area contributed by atoms with Crippen LogP contribution in [0.3, 0.4) is 0 Å². The normalized spacial score (nSPS) is 16.3. The van der Waals surface area contributed by atoms with Gasteiger partial charge in [-0.15, -0.1) is 11.3 Å². The predicted octanol–water partition coefficient (Wildman–Crippen LogP) is 14.0. The summed E-state index contributed by atoms with van der Waals surface area (Å²) in [6.07, 6.45) is 8.58. The molecule has 0 radical (unpaired) electrons. The molecule has 0 bridgehead atoms. The van der Waals surface area contributed by atoms with Crippen LogP contribution in [0.4, 0.5) is 17.1 Å². The van der Waals surface area contributed by atoms with E-state index in [-0.39, 0.29) is 12.0 Å². The van der Waals surface area contributed by atoms with Gasteiger partial charge in [-0.2, -0.15) is 0 Å². The summed E-state index contributed by atoms with van der Waals surface area (Å²) in [6, 6.07) is 49.5. The van der Waals surface area contributed by atoms with Crippen LogP contribution in [0.2, 0.25) is 0 Å². The maximum Gasteiger partial charge on any atom is 0.148 e. The molecular weight excluding hydrogens is 671 g/mol. The van der Waals surface area contributed by atoms with Crippen LogP contribution in [0, 0.1) is 0 Å². The van der Waals surface area contributed by atoms with Crippen LogP contribution in [0.1, 0.15) is 11.5 Å². The highest BCUT2D eigenvalue weighted by Crippen LogP contribution is 2.55. The number of furan rings is 2. The maximum atomic E-state index is 6.87. The minimum absolute atomic E-state index is 0.0477. The number of para-hydroxylation sites is 3. The van der Waals surface area contributed by atoms with Crippen molar-refractivity contribution in [1.29, 1.82) is 0 Å². The lowest BCUT2D eigenvalue weighted by atomic mass is 9.91. The molecule has 4 heterocycles. The number of nitrogens with zero attached hydrogens (tertiary/aromatic N) is 1. The molecule has 1 aliphatic heterocycles. The maximum absolute atomic E-state index is 6.87. The zero-order chi connectivity index (χ0) is 34.6. The molecule has 7 aromatic carbocycles. The van der Waals surface area contributed by atoms with E-state index < -0.39 is 0 Å². The second-order valence-electron chi connectivity index (χ2n) is 13.9. The van der Waals surface area contributed by atoms with E-state index in [4.69, 9.17) is 13.6 Å². The Morgan fingerprint density at radius 3 is 2.19 bits per heavy atom. The quantitative estimate of drug-likeness (QED) is 0.183. The van der Waals surface area contributed by atoms with E-state index in [1.54, 1.807) is 0 Å². The lowest BCUT2D eigenvalue weighted by Crippen LogP contribution is -2.16. The molecule has 0 saturated heterocycles. The average Bonchev–Trinajstić information content (AvgIpc) is 3.98. The van der Waals surface area contributed by atoms with Gasteiger partial charge in [0.05, 0.1) is 17.1 Å². The number of thiophene rings is 1. The monoisotopic (exact) mass is 699 g/mol. The van der Waals surface area contributed by atoms with Gasteiger partial charge in [-0.05, 0) is 65.7 Å². The number of benzene rings is 7. The van der Waals surface area contributed by atoms with Gasteiger partial charge in [0, 0.05) is 59.3 Å². The molecule has 0 saturated carbocycles. The van der Waals surface area contributed by atoms with E-state index in [1.807, 2.05) is 29.5 Å². The number of ether oxygens (including phenoxy) is 1. The van der Waals surface area contributed by atoms with E-state index in [9.17, 15) is 0 Å². The predicted molar refractivity (Wildman–Crippen MR) is 219 cm³/mol. The van der Waals surface area contributed by atoms with Gasteiger partial charge in [0.25, 0.3) is 0 Å². The van der Waals surface area contributed by atoms with Gasteiger partial charge in [-0.1, -0.05) is 103 Å². The highest BCUT2D eigenvalue weighted by Gasteiger charge is 2.36. The summed E-state index contributed by atoms with van der Waals surface area (Å²) in [5.41, 5.74) is 10.1. The molecule has 2 aliphatic rings. The Balaban J connectivity index is 1.21. The molecule has 2 unspecified atom stereocenters. The largest absolute Gasteiger partial charge is 0.483 e. The molecule has 53 heavy (non-hydrogen) atoms. The second-order valence-corrected chi connectivity index (χ2v) is 15.0. The van der Waals surface area contributed by atoms with Crippen molar-refractivity contribution in [1.82, 2.24) is 0 Å². The van der Waals surface area contributed by atoms with Crippen molar-refractivity contribution < 1.29 is 13.6 Å². The first-order valence-corrected chi connectivity index (χ1v) is 18.8. The van der Waals surface area contributed by atoms with E-state index in [0.717, 1.165) is 77.5 Å². The summed E-state index contributed by atoms with van der Waals surface area (Å²) < 4.78 is 22.5. The van der Waals surface area contributed by atoms with Crippen molar-refractivity contribution >= 4 is 92.4 Å². The lowest BCUT2D eigenvalue weighted by molar-refractivity contribution is 0.269. The summed E-state index contributed by atoms with van der Waals surface area (Å²) in [5, 5.41) is 6.70. The van der Waals surface area contributed by atoms with Crippen molar-refractivity contribution in [3.8, 4) is 16.9 Å². The highest BCUT2D eigenvalue weighted by molar-refractivity contribution is 7.26. The third kappa shape index (κ3) is 4.17. The standard InChI is InChI=1S/C48H29NO3S/c1-2-11-28(12-3-1)30-23-25-37(44-45-43(53-48(30)44)26-24-36-33-15-6-9-20-41(33)52-47(36)45)49(29-21-22-34-31-13-4-7-18-39(31)50-42(34)27-29)38-17-10-16-35-32-14-5-8-19-40(32)51-46(35)38/h1-27,32,40H. The van der Waals surface area contributed by atoms with E-state index in [0.29, 0.717) is 0 Å². The summed E-state index contributed by atoms with van der Waals surface area (Å²) in [5.74, 6) is 1.06. The third-order valence-electron chi connectivity index (χ3n) is 11.0. The fourth-order valence-corrected chi connectivity index (χ4v) is 9.90. The Labute approximate surface area is 308 Å². The molecule has 2 atom stereocenters. The van der Waals surface area contributed by atoms with Crippen LogP contribution in [0.5, 0.6) is 5.75 Å². The van der Waals surface area contributed by atoms with Gasteiger partial charge in [0.1, 0.15) is 34.2 Å². The van der Waals surface area contributed by atoms with Gasteiger partial charge in [-0.25, -0.2) is 0 Å². The molecule has 0 amide bonds. The first kappa shape index (κ1) is 29.1. The van der Waals surface area contributed by atoms with Crippen molar-refractivity contribution in [3.05, 3.63) is 169 Å². The van der Waals surface area contributed by atoms with E-state index >= 15 is 0 Å². The molecule has 10 aromatic rings. The first-order chi connectivity index (χ1) is 26.3. The summed E-state index contributed by atoms with van der Waals surface area (Å²) >= 11 is 1.82. The SMILES string of the molecule is C1=CC2Oc3c(cccc3N(c3ccc4c(c3)oc3ccccc34)c3ccc(-c4ccccc4)c4sc5ccc6c7ccccc7oc6c5c34)C2C=C1. The highest BCUT2D eigenvalue weighted by atomic mass is 32.1. The van der Waals surface area contributed by atoms with Crippen LogP contribution in [-0.2, 0) is 0 Å². The molecule has 0 N–H and O–H groups in total. The van der Waals surface area contributed by atoms with Gasteiger partial charge in [0.2, 0.25) is 0 Å². The van der Waals surface area contributed by atoms with Gasteiger partial charge in [0.15, 0.2) is 0 Å². The fraction of sp³-hybridized carbons (Fsp3) is 0.0417. The fourth-order valence-electron chi connectivity index (χ4n) is 8.64. The zero-order valence-electron chi connectivity index (χ0n) is 28.3. The number of fused-ring (bicyclic) bond motifs is 13. The second kappa shape index (κ2) is 11.0. The Morgan fingerprint density at radius 1 is 0.547 bits per heavy atom. The smallest absolute Gasteiger partial charge is 0.148 e. The Hall–Kier alpha value is -6.56. The Bertz CT molecular complexity index is 3180. The molecule has 12 rings (SSSR count). The number of allylic oxidation sites excluding steroid dienone is 2. The molecule has 3 aromatic heterocycles. The lowest BCUT2D eigenvalue weighted by Gasteiger charge is -2.28. The van der Waals surface area contributed by atoms with Crippen LogP contribution in [0.25, 0.3) is 75.2 Å². The van der Waals surface area contributed by atoms with Crippen LogP contribution >= 0.6 is 11.3 Å². The molecule has 1 aliphatic carbocycles. The van der Waals surface area contributed by atoms with E-state index in [1.165, 1.54) is 26.1 Å². The number of rotatable bonds is 4. The third-order valence-corrected chi connectivity index (χ3v) is 12.2. The zero-order valence-corrected chi connectivity index (χ0v) is 29.1. The van der Waals surface area contributed by atoms with Crippen molar-refractivity contribution in [2.24, 2.45) is 0 Å². The van der Waals surface area contributed by atoms with Gasteiger partial charge < -0.3 is 18.5 Å². The van der Waals surface area contributed by atoms with E-state index in [2.05, 4.69) is 151 Å². The average molecular weight is 700 g/mol. The minimum atomic E-state index is -0.0477. The molecular formula is C48H29NO3S. The summed E-state index contributed by atoms with van der Waals surface area (Å²) in [7, 11) is 0. The van der Waals surface area contributed by atoms with Crippen LogP contribution in [0.15, 0.2) is 173 Å². The molecule has 0 spiro atoms. The Morgan fingerprint density at radius 2 is 1.30 bits per heavy atom. The van der Waals surface area contributed by atoms with Gasteiger partial charge in [-0.3, -0.25) is 0 Å². The van der Waals surface area contributed by atoms with Crippen molar-refractivity contribution in [3.63, 3.8) is 0 Å². The molecule has 4 nitrogen and oxygen atoms in total. The van der Waals surface area contributed by atoms with Gasteiger partial charge >= 0.3 is 0 Å². The van der Waals surface area contributed by atoms with Crippen LogP contribution in [-0.4, -0.2) is 6.10 Å². The summed E-state index contributed by atoms with van der Waals surface area (Å²) in [4.78, 5) is 2.38. The van der Waals surface area contributed by atoms with Crippen molar-refractivity contribution in [2.75, 3.05) is 4.90 Å². The molecule has 0 fully saturated rings. The van der Waals surface area contributed by atoms with Crippen molar-refractivity contribution in [2.45, 2.75) is 12.0 Å². The Kier molecular flexibility index (Phi) is 6.02. The molecule has 250 valence electrons. The number of anilines is 3. The topological polar surface area (TPSA) is 38.8 Å². The number of hydrogen-bond donors (Lipinski definition) is 0. The molecule has 5 heteroatoms. The minimum Gasteiger partial charge on any atom is -0.483 e. The number of hydrogen-bond acceptors (Lipinski definition) is 5. The van der Waals surface area contributed by atoms with Crippen LogP contribution < -0.4 is 9.64 Å².